The van der Waals surface area contributed by atoms with Crippen LogP contribution in [-0.4, -0.2) is 44.9 Å². The lowest BCUT2D eigenvalue weighted by Crippen LogP contribution is -2.12. The predicted octanol–water partition coefficient (Wildman–Crippen LogP) is 2.59. The number of hydrogen-bond donors (Lipinski definition) is 1. The van der Waals surface area contributed by atoms with Gasteiger partial charge in [-0.05, 0) is 30.3 Å². The number of fused-ring (bicyclic) bond motifs is 1. The molecule has 0 radical (unpaired) electrons. The van der Waals surface area contributed by atoms with Gasteiger partial charge < -0.3 is 14.5 Å². The highest BCUT2D eigenvalue weighted by Gasteiger charge is 2.12. The summed E-state index contributed by atoms with van der Waals surface area (Å²) in [5, 5.41) is 9.16. The number of nitrogens with zero attached hydrogens (tertiary/aromatic N) is 4. The minimum absolute atomic E-state index is 0.277. The van der Waals surface area contributed by atoms with Crippen molar-refractivity contribution >= 4 is 28.6 Å². The van der Waals surface area contributed by atoms with Crippen molar-refractivity contribution in [2.75, 3.05) is 14.2 Å². The van der Waals surface area contributed by atoms with Crippen molar-refractivity contribution in [2.24, 2.45) is 0 Å². The zero-order valence-corrected chi connectivity index (χ0v) is 17.0. The molecule has 152 valence electrons. The predicted molar refractivity (Wildman–Crippen MR) is 111 cm³/mol. The number of aromatic amines is 1. The molecule has 0 spiro atoms. The van der Waals surface area contributed by atoms with Crippen LogP contribution >= 0.6 is 11.8 Å². The number of carbonyl (C=O) groups is 1. The van der Waals surface area contributed by atoms with Gasteiger partial charge in [-0.25, -0.2) is 9.78 Å². The molecule has 0 bridgehead atoms. The van der Waals surface area contributed by atoms with E-state index < -0.39 is 5.97 Å². The number of hydrogen-bond acceptors (Lipinski definition) is 8. The fourth-order valence-electron chi connectivity index (χ4n) is 2.89. The molecule has 2 aromatic carbocycles. The largest absolute Gasteiger partial charge is 0.497 e. The summed E-state index contributed by atoms with van der Waals surface area (Å²) in [6.45, 7) is 0. The van der Waals surface area contributed by atoms with E-state index >= 15 is 0 Å². The lowest BCUT2D eigenvalue weighted by molar-refractivity contribution is 0.0601. The molecular formula is C20H17N5O4S. The first kappa shape index (κ1) is 19.6. The van der Waals surface area contributed by atoms with Crippen molar-refractivity contribution in [2.45, 2.75) is 10.9 Å². The summed E-state index contributed by atoms with van der Waals surface area (Å²) >= 11 is 1.37. The smallest absolute Gasteiger partial charge is 0.337 e. The summed E-state index contributed by atoms with van der Waals surface area (Å²) in [5.41, 5.74) is 1.33. The molecule has 0 saturated carbocycles. The number of carbonyl (C=O) groups excluding carboxylic acids is 1. The van der Waals surface area contributed by atoms with Crippen LogP contribution in [-0.2, 0) is 10.5 Å². The maximum absolute atomic E-state index is 12.4. The van der Waals surface area contributed by atoms with E-state index in [1.807, 2.05) is 28.8 Å². The minimum Gasteiger partial charge on any atom is -0.497 e. The summed E-state index contributed by atoms with van der Waals surface area (Å²) in [5.74, 6) is 1.05. The highest BCUT2D eigenvalue weighted by atomic mass is 32.2. The molecule has 4 rings (SSSR count). The number of ether oxygens (including phenoxy) is 2. The number of thioether (sulfide) groups is 1. The molecular weight excluding hydrogens is 406 g/mol. The van der Waals surface area contributed by atoms with Gasteiger partial charge in [0, 0.05) is 6.07 Å². The third kappa shape index (κ3) is 3.90. The number of methoxy groups -OCH3 is 2. The van der Waals surface area contributed by atoms with Crippen LogP contribution in [0.3, 0.4) is 0 Å². The van der Waals surface area contributed by atoms with E-state index in [0.29, 0.717) is 33.2 Å². The van der Waals surface area contributed by atoms with Gasteiger partial charge in [-0.1, -0.05) is 17.8 Å². The summed E-state index contributed by atoms with van der Waals surface area (Å²) < 4.78 is 11.8. The van der Waals surface area contributed by atoms with Crippen molar-refractivity contribution in [1.29, 1.82) is 0 Å². The third-order valence-corrected chi connectivity index (χ3v) is 5.32. The van der Waals surface area contributed by atoms with Crippen molar-refractivity contribution in [1.82, 2.24) is 24.7 Å². The Bertz CT molecular complexity index is 1280. The molecule has 0 fully saturated rings. The quantitative estimate of drug-likeness (QED) is 0.372. The topological polar surface area (TPSA) is 112 Å². The molecule has 0 aliphatic carbocycles. The molecule has 2 aromatic heterocycles. The summed E-state index contributed by atoms with van der Waals surface area (Å²) in [6.07, 6.45) is 1.61. The number of rotatable bonds is 6. The Labute approximate surface area is 175 Å². The van der Waals surface area contributed by atoms with Gasteiger partial charge in [-0.3, -0.25) is 9.36 Å². The fourth-order valence-corrected chi connectivity index (χ4v) is 3.69. The second-order valence-electron chi connectivity index (χ2n) is 6.21. The van der Waals surface area contributed by atoms with Gasteiger partial charge in [-0.2, -0.15) is 0 Å². The number of nitrogens with one attached hydrogen (secondary N) is 1. The monoisotopic (exact) mass is 423 g/mol. The van der Waals surface area contributed by atoms with Crippen molar-refractivity contribution in [3.05, 3.63) is 70.5 Å². The Morgan fingerprint density at radius 3 is 2.87 bits per heavy atom. The van der Waals surface area contributed by atoms with E-state index in [0.717, 1.165) is 11.4 Å². The van der Waals surface area contributed by atoms with E-state index in [9.17, 15) is 9.59 Å². The zero-order valence-electron chi connectivity index (χ0n) is 16.2. The van der Waals surface area contributed by atoms with Crippen LogP contribution in [0.4, 0.5) is 0 Å². The number of esters is 1. The van der Waals surface area contributed by atoms with Gasteiger partial charge in [0.2, 0.25) is 0 Å². The third-order valence-electron chi connectivity index (χ3n) is 4.36. The Morgan fingerprint density at radius 1 is 1.20 bits per heavy atom. The van der Waals surface area contributed by atoms with Gasteiger partial charge in [0.15, 0.2) is 5.16 Å². The molecule has 10 heteroatoms. The van der Waals surface area contributed by atoms with Gasteiger partial charge in [0.25, 0.3) is 5.56 Å². The average molecular weight is 423 g/mol. The van der Waals surface area contributed by atoms with Gasteiger partial charge in [0.1, 0.15) is 17.9 Å². The van der Waals surface area contributed by atoms with Gasteiger partial charge >= 0.3 is 5.97 Å². The maximum Gasteiger partial charge on any atom is 0.337 e. The fraction of sp³-hybridized carbons (Fsp3) is 0.150. The highest BCUT2D eigenvalue weighted by molar-refractivity contribution is 7.98. The lowest BCUT2D eigenvalue weighted by Gasteiger charge is -2.08. The molecule has 2 heterocycles. The van der Waals surface area contributed by atoms with Crippen LogP contribution in [0.2, 0.25) is 0 Å². The Balaban J connectivity index is 1.61. The molecule has 9 nitrogen and oxygen atoms in total. The molecule has 0 atom stereocenters. The first-order valence-electron chi connectivity index (χ1n) is 8.87. The van der Waals surface area contributed by atoms with Crippen LogP contribution in [0, 0.1) is 0 Å². The molecule has 0 aliphatic heterocycles. The molecule has 0 unspecified atom stereocenters. The number of aromatic nitrogens is 5. The van der Waals surface area contributed by atoms with Crippen LogP contribution in [0.1, 0.15) is 16.2 Å². The maximum atomic E-state index is 12.4. The van der Waals surface area contributed by atoms with Gasteiger partial charge in [-0.15, -0.1) is 10.2 Å². The first-order chi connectivity index (χ1) is 14.6. The molecule has 30 heavy (non-hydrogen) atoms. The van der Waals surface area contributed by atoms with Gasteiger partial charge in [0.05, 0.1) is 42.1 Å². The van der Waals surface area contributed by atoms with Crippen LogP contribution in [0.25, 0.3) is 16.6 Å². The summed E-state index contributed by atoms with van der Waals surface area (Å²) in [7, 11) is 2.91. The second kappa shape index (κ2) is 8.37. The number of benzene rings is 2. The minimum atomic E-state index is -0.485. The van der Waals surface area contributed by atoms with E-state index in [1.54, 1.807) is 25.6 Å². The van der Waals surface area contributed by atoms with Crippen LogP contribution in [0.15, 0.2) is 58.7 Å². The molecule has 0 saturated heterocycles. The van der Waals surface area contributed by atoms with Crippen molar-refractivity contribution < 1.29 is 14.3 Å². The Morgan fingerprint density at radius 2 is 2.07 bits per heavy atom. The Kier molecular flexibility index (Phi) is 5.48. The van der Waals surface area contributed by atoms with Crippen molar-refractivity contribution in [3.63, 3.8) is 0 Å². The van der Waals surface area contributed by atoms with E-state index in [-0.39, 0.29) is 5.56 Å². The summed E-state index contributed by atoms with van der Waals surface area (Å²) in [6, 6.07) is 12.2. The standard InChI is InChI=1S/C20H17N5O4S/c1-28-14-5-3-4-13(9-14)25-11-21-24-20(25)30-10-17-22-16-8-12(19(27)29-2)6-7-15(16)18(26)23-17/h3-9,11H,10H2,1-2H3,(H,22,23,26). The number of H-pyrrole nitrogens is 1. The van der Waals surface area contributed by atoms with Crippen LogP contribution < -0.4 is 10.3 Å². The van der Waals surface area contributed by atoms with Crippen molar-refractivity contribution in [3.8, 4) is 11.4 Å². The van der Waals surface area contributed by atoms with Crippen LogP contribution in [0.5, 0.6) is 5.75 Å². The average Bonchev–Trinajstić information content (AvgIpc) is 3.25. The van der Waals surface area contributed by atoms with E-state index in [1.165, 1.54) is 24.9 Å². The first-order valence-corrected chi connectivity index (χ1v) is 9.86. The highest BCUT2D eigenvalue weighted by Crippen LogP contribution is 2.24. The molecule has 4 aromatic rings. The molecule has 0 amide bonds. The van der Waals surface area contributed by atoms with E-state index in [4.69, 9.17) is 9.47 Å². The van der Waals surface area contributed by atoms with E-state index in [2.05, 4.69) is 20.2 Å². The SMILES string of the molecule is COC(=O)c1ccc2c(=O)[nH]c(CSc3nncn3-c3cccc(OC)c3)nc2c1. The zero-order chi connectivity index (χ0) is 21.1. The summed E-state index contributed by atoms with van der Waals surface area (Å²) in [4.78, 5) is 31.4. The Hall–Kier alpha value is -3.66. The normalized spacial score (nSPS) is 10.9. The molecule has 0 aliphatic rings. The lowest BCUT2D eigenvalue weighted by atomic mass is 10.1. The second-order valence-corrected chi connectivity index (χ2v) is 7.15. The molecule has 1 N–H and O–H groups in total.